The smallest absolute Gasteiger partial charge is 0.321 e. The van der Waals surface area contributed by atoms with Gasteiger partial charge in [-0.05, 0) is 17.7 Å². The lowest BCUT2D eigenvalue weighted by molar-refractivity contribution is -0.144. The molecule has 0 aliphatic carbocycles. The van der Waals surface area contributed by atoms with E-state index >= 15 is 0 Å². The highest BCUT2D eigenvalue weighted by Gasteiger charge is 2.25. The third kappa shape index (κ3) is 4.54. The molecule has 0 fully saturated rings. The van der Waals surface area contributed by atoms with E-state index in [1.165, 1.54) is 19.2 Å². The predicted molar refractivity (Wildman–Crippen MR) is 87.5 cm³/mol. The number of sulfonamides is 1. The molecule has 2 aromatic carbocycles. The SMILES string of the molecule is CN(CC(=O)OCc1ccccc1)S(=O)(=O)c1ccccc1Cl. The second-order valence-electron chi connectivity index (χ2n) is 4.84. The monoisotopic (exact) mass is 353 g/mol. The molecule has 0 atom stereocenters. The van der Waals surface area contributed by atoms with Crippen molar-refractivity contribution >= 4 is 27.6 Å². The summed E-state index contributed by atoms with van der Waals surface area (Å²) in [6, 6.07) is 15.2. The Balaban J connectivity index is 1.99. The predicted octanol–water partition coefficient (Wildman–Crippen LogP) is 2.70. The fourth-order valence-corrected chi connectivity index (χ4v) is 3.48. The number of hydrogen-bond donors (Lipinski definition) is 0. The summed E-state index contributed by atoms with van der Waals surface area (Å²) >= 11 is 5.91. The summed E-state index contributed by atoms with van der Waals surface area (Å²) in [4.78, 5) is 11.8. The summed E-state index contributed by atoms with van der Waals surface area (Å²) in [5.74, 6) is -0.632. The van der Waals surface area contributed by atoms with Crippen molar-refractivity contribution in [2.24, 2.45) is 0 Å². The van der Waals surface area contributed by atoms with Gasteiger partial charge in [-0.15, -0.1) is 0 Å². The summed E-state index contributed by atoms with van der Waals surface area (Å²) in [5, 5.41) is 0.108. The molecule has 5 nitrogen and oxygen atoms in total. The van der Waals surface area contributed by atoms with Crippen LogP contribution in [0.4, 0.5) is 0 Å². The second-order valence-corrected chi connectivity index (χ2v) is 7.26. The van der Waals surface area contributed by atoms with Crippen LogP contribution in [0.1, 0.15) is 5.56 Å². The Labute approximate surface area is 140 Å². The van der Waals surface area contributed by atoms with Gasteiger partial charge in [0.2, 0.25) is 10.0 Å². The van der Waals surface area contributed by atoms with Crippen molar-refractivity contribution in [2.75, 3.05) is 13.6 Å². The fourth-order valence-electron chi connectivity index (χ4n) is 1.87. The standard InChI is InChI=1S/C16H16ClNO4S/c1-18(23(20,21)15-10-6-5-9-14(15)17)11-16(19)22-12-13-7-3-2-4-8-13/h2-10H,11-12H2,1H3. The lowest BCUT2D eigenvalue weighted by atomic mass is 10.2. The first-order chi connectivity index (χ1) is 10.9. The van der Waals surface area contributed by atoms with Gasteiger partial charge < -0.3 is 4.74 Å². The Morgan fingerprint density at radius 1 is 1.09 bits per heavy atom. The number of hydrogen-bond acceptors (Lipinski definition) is 4. The van der Waals surface area contributed by atoms with E-state index in [4.69, 9.17) is 16.3 Å². The zero-order valence-corrected chi connectivity index (χ0v) is 14.0. The maximum absolute atomic E-state index is 12.4. The van der Waals surface area contributed by atoms with Crippen LogP contribution in [0, 0.1) is 0 Å². The van der Waals surface area contributed by atoms with Gasteiger partial charge >= 0.3 is 5.97 Å². The quantitative estimate of drug-likeness (QED) is 0.749. The van der Waals surface area contributed by atoms with Gasteiger partial charge in [-0.3, -0.25) is 4.79 Å². The molecule has 0 aromatic heterocycles. The molecule has 0 amide bonds. The minimum absolute atomic E-state index is 0.0416. The average molecular weight is 354 g/mol. The molecule has 0 radical (unpaired) electrons. The molecule has 2 aromatic rings. The van der Waals surface area contributed by atoms with Gasteiger partial charge in [0.05, 0.1) is 5.02 Å². The minimum Gasteiger partial charge on any atom is -0.460 e. The Kier molecular flexibility index (Phi) is 5.76. The van der Waals surface area contributed by atoms with Gasteiger partial charge in [0.15, 0.2) is 0 Å². The number of rotatable bonds is 6. The van der Waals surface area contributed by atoms with Crippen molar-refractivity contribution in [3.8, 4) is 0 Å². The van der Waals surface area contributed by atoms with E-state index in [9.17, 15) is 13.2 Å². The van der Waals surface area contributed by atoms with Gasteiger partial charge in [-0.2, -0.15) is 4.31 Å². The molecule has 0 bridgehead atoms. The van der Waals surface area contributed by atoms with Gasteiger partial charge in [0.1, 0.15) is 18.0 Å². The Hall–Kier alpha value is -1.89. The molecule has 7 heteroatoms. The first-order valence-corrected chi connectivity index (χ1v) is 8.63. The van der Waals surface area contributed by atoms with E-state index in [0.717, 1.165) is 9.87 Å². The van der Waals surface area contributed by atoms with Crippen molar-refractivity contribution in [3.05, 3.63) is 65.2 Å². The van der Waals surface area contributed by atoms with E-state index in [0.29, 0.717) is 0 Å². The summed E-state index contributed by atoms with van der Waals surface area (Å²) < 4.78 is 30.8. The first kappa shape index (κ1) is 17.5. The van der Waals surface area contributed by atoms with E-state index in [2.05, 4.69) is 0 Å². The van der Waals surface area contributed by atoms with E-state index in [-0.39, 0.29) is 23.1 Å². The Morgan fingerprint density at radius 2 is 1.70 bits per heavy atom. The molecule has 0 aliphatic heterocycles. The topological polar surface area (TPSA) is 63.7 Å². The highest BCUT2D eigenvalue weighted by molar-refractivity contribution is 7.89. The molecule has 0 spiro atoms. The molecular weight excluding hydrogens is 338 g/mol. The molecular formula is C16H16ClNO4S. The number of benzene rings is 2. The van der Waals surface area contributed by atoms with E-state index < -0.39 is 16.0 Å². The summed E-state index contributed by atoms with van der Waals surface area (Å²) in [5.41, 5.74) is 0.831. The summed E-state index contributed by atoms with van der Waals surface area (Å²) in [6.07, 6.45) is 0. The highest BCUT2D eigenvalue weighted by Crippen LogP contribution is 2.23. The van der Waals surface area contributed by atoms with Crippen molar-refractivity contribution in [1.82, 2.24) is 4.31 Å². The van der Waals surface area contributed by atoms with E-state index in [1.54, 1.807) is 12.1 Å². The zero-order chi connectivity index (χ0) is 16.9. The number of carbonyl (C=O) groups is 1. The van der Waals surface area contributed by atoms with Crippen LogP contribution >= 0.6 is 11.6 Å². The van der Waals surface area contributed by atoms with Crippen molar-refractivity contribution in [1.29, 1.82) is 0 Å². The largest absolute Gasteiger partial charge is 0.460 e. The van der Waals surface area contributed by atoms with E-state index in [1.807, 2.05) is 30.3 Å². The lowest BCUT2D eigenvalue weighted by Gasteiger charge is -2.17. The van der Waals surface area contributed by atoms with Crippen LogP contribution in [0.5, 0.6) is 0 Å². The Morgan fingerprint density at radius 3 is 2.35 bits per heavy atom. The van der Waals surface area contributed by atoms with Crippen molar-refractivity contribution in [2.45, 2.75) is 11.5 Å². The molecule has 0 saturated heterocycles. The number of ether oxygens (including phenoxy) is 1. The Bertz CT molecular complexity index is 778. The van der Waals surface area contributed by atoms with Gasteiger partial charge in [0, 0.05) is 7.05 Å². The van der Waals surface area contributed by atoms with Crippen LogP contribution in [0.2, 0.25) is 5.02 Å². The third-order valence-electron chi connectivity index (χ3n) is 3.12. The fraction of sp³-hybridized carbons (Fsp3) is 0.188. The third-order valence-corrected chi connectivity index (χ3v) is 5.42. The molecule has 2 rings (SSSR count). The van der Waals surface area contributed by atoms with Crippen molar-refractivity contribution in [3.63, 3.8) is 0 Å². The lowest BCUT2D eigenvalue weighted by Crippen LogP contribution is -2.33. The van der Waals surface area contributed by atoms with Crippen LogP contribution in [0.15, 0.2) is 59.5 Å². The average Bonchev–Trinajstić information content (AvgIpc) is 2.54. The minimum atomic E-state index is -3.85. The van der Waals surface area contributed by atoms with Crippen LogP contribution < -0.4 is 0 Å². The summed E-state index contributed by atoms with van der Waals surface area (Å²) in [7, 11) is -2.54. The highest BCUT2D eigenvalue weighted by atomic mass is 35.5. The van der Waals surface area contributed by atoms with Gasteiger partial charge in [-0.25, -0.2) is 8.42 Å². The molecule has 0 N–H and O–H groups in total. The first-order valence-electron chi connectivity index (χ1n) is 6.81. The zero-order valence-electron chi connectivity index (χ0n) is 12.5. The molecule has 0 aliphatic rings. The maximum Gasteiger partial charge on any atom is 0.321 e. The van der Waals surface area contributed by atoms with Crippen LogP contribution in [-0.2, 0) is 26.2 Å². The molecule has 0 unspecified atom stereocenters. The molecule has 23 heavy (non-hydrogen) atoms. The molecule has 0 heterocycles. The number of nitrogens with zero attached hydrogens (tertiary/aromatic N) is 1. The summed E-state index contributed by atoms with van der Waals surface area (Å²) in [6.45, 7) is -0.292. The number of halogens is 1. The molecule has 122 valence electrons. The van der Waals surface area contributed by atoms with Gasteiger partial charge in [0.25, 0.3) is 0 Å². The normalized spacial score (nSPS) is 11.4. The van der Waals surface area contributed by atoms with Crippen molar-refractivity contribution < 1.29 is 17.9 Å². The van der Waals surface area contributed by atoms with Crippen LogP contribution in [0.3, 0.4) is 0 Å². The van der Waals surface area contributed by atoms with Crippen LogP contribution in [0.25, 0.3) is 0 Å². The van der Waals surface area contributed by atoms with Gasteiger partial charge in [-0.1, -0.05) is 54.1 Å². The number of carbonyl (C=O) groups excluding carboxylic acids is 1. The number of esters is 1. The number of likely N-dealkylation sites (N-methyl/N-ethyl adjacent to an activating group) is 1. The maximum atomic E-state index is 12.4. The van der Waals surface area contributed by atoms with Crippen LogP contribution in [-0.4, -0.2) is 32.3 Å². The molecule has 0 saturated carbocycles. The second kappa shape index (κ2) is 7.59.